The first-order valence-corrected chi connectivity index (χ1v) is 11.5. The van der Waals surface area contributed by atoms with E-state index in [1.807, 2.05) is 6.92 Å². The van der Waals surface area contributed by atoms with Crippen molar-refractivity contribution in [3.63, 3.8) is 0 Å². The van der Waals surface area contributed by atoms with E-state index in [0.717, 1.165) is 12.8 Å². The number of carbonyl (C=O) groups is 1. The largest absolute Gasteiger partial charge is 0.313 e. The molecule has 136 valence electrons. The predicted octanol–water partition coefficient (Wildman–Crippen LogP) is 3.79. The Morgan fingerprint density at radius 2 is 2.00 bits per heavy atom. The summed E-state index contributed by atoms with van der Waals surface area (Å²) in [5.41, 5.74) is 0.518. The molecule has 0 bridgehead atoms. The highest BCUT2D eigenvalue weighted by Crippen LogP contribution is 2.45. The number of benzene rings is 1. The number of carbonyl (C=O) groups excluding carboxylic acids is 1. The number of para-hydroxylation sites is 1. The van der Waals surface area contributed by atoms with Gasteiger partial charge in [0.15, 0.2) is 15.0 Å². The third-order valence-corrected chi connectivity index (χ3v) is 8.03. The van der Waals surface area contributed by atoms with Gasteiger partial charge in [-0.3, -0.25) is 4.79 Å². The zero-order valence-electron chi connectivity index (χ0n) is 13.6. The van der Waals surface area contributed by atoms with Gasteiger partial charge in [0.25, 0.3) is 0 Å². The van der Waals surface area contributed by atoms with Gasteiger partial charge < -0.3 is 4.90 Å². The van der Waals surface area contributed by atoms with Crippen LogP contribution in [0.25, 0.3) is 0 Å². The molecular formula is C16H18Cl2N2O3S2. The molecule has 2 heterocycles. The number of unbranched alkanes of at least 4 members (excludes halogenated alkanes) is 1. The first-order chi connectivity index (χ1) is 11.8. The zero-order valence-corrected chi connectivity index (χ0v) is 16.8. The van der Waals surface area contributed by atoms with Crippen LogP contribution in [0.1, 0.15) is 26.2 Å². The fraction of sp³-hybridized carbons (Fsp3) is 0.500. The van der Waals surface area contributed by atoms with Gasteiger partial charge in [-0.05, 0) is 18.6 Å². The highest BCUT2D eigenvalue weighted by atomic mass is 35.5. The van der Waals surface area contributed by atoms with Crippen molar-refractivity contribution in [2.24, 2.45) is 4.99 Å². The average Bonchev–Trinajstić information content (AvgIpc) is 2.97. The molecule has 0 aromatic heterocycles. The van der Waals surface area contributed by atoms with Crippen molar-refractivity contribution in [2.75, 3.05) is 16.4 Å². The highest BCUT2D eigenvalue weighted by Gasteiger charge is 2.50. The summed E-state index contributed by atoms with van der Waals surface area (Å²) in [5, 5.41) is 1.13. The highest BCUT2D eigenvalue weighted by molar-refractivity contribution is 8.16. The normalized spacial score (nSPS) is 26.2. The fourth-order valence-electron chi connectivity index (χ4n) is 3.04. The van der Waals surface area contributed by atoms with E-state index in [-0.39, 0.29) is 28.7 Å². The van der Waals surface area contributed by atoms with Gasteiger partial charge in [-0.1, -0.05) is 54.4 Å². The van der Waals surface area contributed by atoms with Crippen LogP contribution in [-0.4, -0.2) is 42.3 Å². The van der Waals surface area contributed by atoms with Crippen LogP contribution in [0.3, 0.4) is 0 Å². The Balaban J connectivity index is 2.01. The van der Waals surface area contributed by atoms with Gasteiger partial charge in [-0.25, -0.2) is 8.42 Å². The average molecular weight is 421 g/mol. The lowest BCUT2D eigenvalue weighted by atomic mass is 10.2. The summed E-state index contributed by atoms with van der Waals surface area (Å²) >= 11 is 14.0. The van der Waals surface area contributed by atoms with Crippen LogP contribution < -0.4 is 4.90 Å². The standard InChI is InChI=1S/C16H18Cl2N2O3S2/c1-2-3-7-14(21)19-16-20(15-10(17)5-4-6-11(15)18)12-8-25(22,23)9-13(12)24-16/h4-6,12-13H,2-3,7-9H2,1H3/t12-,13+/m0/s1. The van der Waals surface area contributed by atoms with Crippen molar-refractivity contribution in [2.45, 2.75) is 37.5 Å². The lowest BCUT2D eigenvalue weighted by Gasteiger charge is -2.26. The molecule has 1 aromatic carbocycles. The number of hydrogen-bond acceptors (Lipinski definition) is 4. The molecule has 2 atom stereocenters. The number of hydrogen-bond donors (Lipinski definition) is 0. The maximum atomic E-state index is 12.1. The second kappa shape index (κ2) is 7.47. The van der Waals surface area contributed by atoms with Gasteiger partial charge >= 0.3 is 0 Å². The molecule has 1 aromatic rings. The maximum Gasteiger partial charge on any atom is 0.248 e. The van der Waals surface area contributed by atoms with E-state index in [1.165, 1.54) is 11.8 Å². The topological polar surface area (TPSA) is 66.8 Å². The van der Waals surface area contributed by atoms with E-state index in [0.29, 0.717) is 27.3 Å². The third kappa shape index (κ3) is 3.99. The maximum absolute atomic E-state index is 12.1. The summed E-state index contributed by atoms with van der Waals surface area (Å²) in [7, 11) is -3.13. The number of nitrogens with zero attached hydrogens (tertiary/aromatic N) is 2. The SMILES string of the molecule is CCCCC(=O)N=C1S[C@@H]2CS(=O)(=O)C[C@@H]2N1c1c(Cl)cccc1Cl. The number of aliphatic imine (C=N–C) groups is 1. The molecule has 0 spiro atoms. The Bertz CT molecular complexity index is 806. The van der Waals surface area contributed by atoms with Gasteiger partial charge in [0.1, 0.15) is 0 Å². The van der Waals surface area contributed by atoms with E-state index in [9.17, 15) is 13.2 Å². The minimum absolute atomic E-state index is 0.00832. The fourth-order valence-corrected chi connectivity index (χ4v) is 7.53. The van der Waals surface area contributed by atoms with Gasteiger partial charge in [0, 0.05) is 11.7 Å². The Labute approximate surface area is 161 Å². The van der Waals surface area contributed by atoms with Crippen molar-refractivity contribution in [3.8, 4) is 0 Å². The number of amides is 1. The molecule has 2 aliphatic heterocycles. The minimum atomic E-state index is -3.13. The third-order valence-electron chi connectivity index (χ3n) is 4.21. The first kappa shape index (κ1) is 19.0. The molecule has 0 aliphatic carbocycles. The molecule has 0 N–H and O–H groups in total. The molecule has 0 radical (unpaired) electrons. The molecule has 2 saturated heterocycles. The molecular weight excluding hydrogens is 403 g/mol. The second-order valence-corrected chi connectivity index (χ2v) is 10.3. The lowest BCUT2D eigenvalue weighted by molar-refractivity contribution is -0.117. The van der Waals surface area contributed by atoms with Crippen molar-refractivity contribution < 1.29 is 13.2 Å². The van der Waals surface area contributed by atoms with Crippen LogP contribution in [0.15, 0.2) is 23.2 Å². The van der Waals surface area contributed by atoms with Gasteiger partial charge in [-0.15, -0.1) is 0 Å². The summed E-state index contributed by atoms with van der Waals surface area (Å²) in [6.45, 7) is 2.01. The number of sulfone groups is 1. The molecule has 25 heavy (non-hydrogen) atoms. The van der Waals surface area contributed by atoms with E-state index in [4.69, 9.17) is 23.2 Å². The van der Waals surface area contributed by atoms with Crippen LogP contribution in [0.2, 0.25) is 10.0 Å². The van der Waals surface area contributed by atoms with Crippen molar-refractivity contribution in [1.29, 1.82) is 0 Å². The molecule has 1 amide bonds. The summed E-state index contributed by atoms with van der Waals surface area (Å²) in [6.07, 6.45) is 2.06. The van der Waals surface area contributed by atoms with E-state index in [1.54, 1.807) is 23.1 Å². The summed E-state index contributed by atoms with van der Waals surface area (Å²) < 4.78 is 24.1. The summed E-state index contributed by atoms with van der Waals surface area (Å²) in [4.78, 5) is 18.1. The van der Waals surface area contributed by atoms with Crippen LogP contribution in [-0.2, 0) is 14.6 Å². The minimum Gasteiger partial charge on any atom is -0.313 e. The summed E-state index contributed by atoms with van der Waals surface area (Å²) in [5.74, 6) is -0.127. The molecule has 5 nitrogen and oxygen atoms in total. The number of halogens is 2. The van der Waals surface area contributed by atoms with Gasteiger partial charge in [0.05, 0.1) is 33.3 Å². The number of thioether (sulfide) groups is 1. The van der Waals surface area contributed by atoms with Gasteiger partial charge in [0.2, 0.25) is 5.91 Å². The monoisotopic (exact) mass is 420 g/mol. The van der Waals surface area contributed by atoms with Crippen molar-refractivity contribution >= 4 is 61.6 Å². The Morgan fingerprint density at radius 1 is 1.32 bits per heavy atom. The molecule has 2 aliphatic rings. The van der Waals surface area contributed by atoms with E-state index < -0.39 is 9.84 Å². The van der Waals surface area contributed by atoms with E-state index in [2.05, 4.69) is 4.99 Å². The molecule has 0 unspecified atom stereocenters. The number of anilines is 1. The van der Waals surface area contributed by atoms with Crippen LogP contribution >= 0.6 is 35.0 Å². The first-order valence-electron chi connectivity index (χ1n) is 8.04. The smallest absolute Gasteiger partial charge is 0.248 e. The van der Waals surface area contributed by atoms with Crippen LogP contribution in [0.4, 0.5) is 5.69 Å². The Kier molecular flexibility index (Phi) is 5.68. The van der Waals surface area contributed by atoms with Crippen LogP contribution in [0.5, 0.6) is 0 Å². The van der Waals surface area contributed by atoms with Crippen LogP contribution in [0, 0.1) is 0 Å². The molecule has 3 rings (SSSR count). The van der Waals surface area contributed by atoms with Crippen molar-refractivity contribution in [1.82, 2.24) is 0 Å². The predicted molar refractivity (Wildman–Crippen MR) is 105 cm³/mol. The number of fused-ring (bicyclic) bond motifs is 1. The van der Waals surface area contributed by atoms with Gasteiger partial charge in [-0.2, -0.15) is 4.99 Å². The lowest BCUT2D eigenvalue weighted by Crippen LogP contribution is -2.38. The molecule has 2 fully saturated rings. The number of rotatable bonds is 4. The van der Waals surface area contributed by atoms with E-state index >= 15 is 0 Å². The zero-order chi connectivity index (χ0) is 18.2. The number of amidine groups is 1. The summed E-state index contributed by atoms with van der Waals surface area (Å²) in [6, 6.07) is 4.80. The molecule has 9 heteroatoms. The Morgan fingerprint density at radius 3 is 2.64 bits per heavy atom. The quantitative estimate of drug-likeness (QED) is 0.740. The van der Waals surface area contributed by atoms with Crippen molar-refractivity contribution in [3.05, 3.63) is 28.2 Å². The Hall–Kier alpha value is -0.760. The molecule has 0 saturated carbocycles. The second-order valence-electron chi connectivity index (χ2n) is 6.13.